The van der Waals surface area contributed by atoms with Crippen LogP contribution in [0, 0.1) is 0 Å². The van der Waals surface area contributed by atoms with Crippen LogP contribution in [0.25, 0.3) is 0 Å². The number of hydrogen-bond donors (Lipinski definition) is 1. The van der Waals surface area contributed by atoms with Gasteiger partial charge in [-0.3, -0.25) is 4.79 Å². The quantitative estimate of drug-likeness (QED) is 0.673. The highest BCUT2D eigenvalue weighted by Crippen LogP contribution is 2.26. The SMILES string of the molecule is COc1ccccc1OCC(=O)Nc1ccc(N(C)c2ccccc2)cc1. The fraction of sp³-hybridized carbons (Fsp3) is 0.136. The van der Waals surface area contributed by atoms with Gasteiger partial charge in [0.2, 0.25) is 0 Å². The molecule has 1 N–H and O–H groups in total. The topological polar surface area (TPSA) is 50.8 Å². The number of anilines is 3. The third kappa shape index (κ3) is 4.79. The predicted octanol–water partition coefficient (Wildman–Crippen LogP) is 4.48. The summed E-state index contributed by atoms with van der Waals surface area (Å²) in [6, 6.07) is 25.0. The van der Waals surface area contributed by atoms with E-state index in [1.54, 1.807) is 19.2 Å². The van der Waals surface area contributed by atoms with E-state index in [1.807, 2.05) is 73.8 Å². The van der Waals surface area contributed by atoms with Crippen LogP contribution in [-0.2, 0) is 4.79 Å². The minimum absolute atomic E-state index is 0.0912. The molecule has 0 spiro atoms. The molecular formula is C22H22N2O3. The predicted molar refractivity (Wildman–Crippen MR) is 108 cm³/mol. The molecule has 27 heavy (non-hydrogen) atoms. The molecule has 0 fully saturated rings. The molecule has 5 nitrogen and oxygen atoms in total. The Morgan fingerprint density at radius 2 is 1.44 bits per heavy atom. The lowest BCUT2D eigenvalue weighted by Gasteiger charge is -2.19. The van der Waals surface area contributed by atoms with E-state index in [2.05, 4.69) is 10.2 Å². The van der Waals surface area contributed by atoms with Gasteiger partial charge in [-0.05, 0) is 48.5 Å². The molecule has 0 aromatic heterocycles. The summed E-state index contributed by atoms with van der Waals surface area (Å²) in [5.41, 5.74) is 2.85. The molecule has 0 atom stereocenters. The van der Waals surface area contributed by atoms with E-state index in [0.717, 1.165) is 11.4 Å². The number of carbonyl (C=O) groups excluding carboxylic acids is 1. The van der Waals surface area contributed by atoms with Gasteiger partial charge in [0.1, 0.15) is 0 Å². The first-order valence-electron chi connectivity index (χ1n) is 8.62. The van der Waals surface area contributed by atoms with Crippen molar-refractivity contribution in [2.75, 3.05) is 31.0 Å². The van der Waals surface area contributed by atoms with Crippen LogP contribution in [0.4, 0.5) is 17.1 Å². The molecule has 0 radical (unpaired) electrons. The number of methoxy groups -OCH3 is 1. The van der Waals surface area contributed by atoms with Gasteiger partial charge in [-0.2, -0.15) is 0 Å². The van der Waals surface area contributed by atoms with Crippen molar-refractivity contribution in [2.45, 2.75) is 0 Å². The first-order chi connectivity index (χ1) is 13.2. The molecule has 1 amide bonds. The van der Waals surface area contributed by atoms with Gasteiger partial charge in [-0.1, -0.05) is 30.3 Å². The van der Waals surface area contributed by atoms with Crippen LogP contribution < -0.4 is 19.7 Å². The van der Waals surface area contributed by atoms with Gasteiger partial charge in [-0.25, -0.2) is 0 Å². The zero-order valence-electron chi connectivity index (χ0n) is 15.4. The van der Waals surface area contributed by atoms with Gasteiger partial charge in [-0.15, -0.1) is 0 Å². The molecule has 0 heterocycles. The largest absolute Gasteiger partial charge is 0.493 e. The van der Waals surface area contributed by atoms with Crippen LogP contribution >= 0.6 is 0 Å². The Kier molecular flexibility index (Phi) is 5.94. The Hall–Kier alpha value is -3.47. The Labute approximate surface area is 159 Å². The first-order valence-corrected chi connectivity index (χ1v) is 8.62. The van der Waals surface area contributed by atoms with Gasteiger partial charge in [0.15, 0.2) is 18.1 Å². The summed E-state index contributed by atoms with van der Waals surface area (Å²) in [5, 5.41) is 2.83. The number of rotatable bonds is 7. The fourth-order valence-electron chi connectivity index (χ4n) is 2.65. The van der Waals surface area contributed by atoms with Crippen LogP contribution in [-0.4, -0.2) is 26.7 Å². The van der Waals surface area contributed by atoms with Crippen molar-refractivity contribution in [1.82, 2.24) is 0 Å². The van der Waals surface area contributed by atoms with E-state index in [-0.39, 0.29) is 12.5 Å². The van der Waals surface area contributed by atoms with Gasteiger partial charge in [0.25, 0.3) is 5.91 Å². The molecule has 138 valence electrons. The number of carbonyl (C=O) groups is 1. The molecular weight excluding hydrogens is 340 g/mol. The lowest BCUT2D eigenvalue weighted by Crippen LogP contribution is -2.20. The number of nitrogens with one attached hydrogen (secondary N) is 1. The third-order valence-electron chi connectivity index (χ3n) is 4.11. The minimum Gasteiger partial charge on any atom is -0.493 e. The summed E-state index contributed by atoms with van der Waals surface area (Å²) in [6.45, 7) is -0.0912. The number of hydrogen-bond acceptors (Lipinski definition) is 4. The second-order valence-electron chi connectivity index (χ2n) is 5.93. The summed E-state index contributed by atoms with van der Waals surface area (Å²) in [6.07, 6.45) is 0. The smallest absolute Gasteiger partial charge is 0.262 e. The van der Waals surface area contributed by atoms with Crippen LogP contribution in [0.15, 0.2) is 78.9 Å². The van der Waals surface area contributed by atoms with Crippen LogP contribution in [0.5, 0.6) is 11.5 Å². The van der Waals surface area contributed by atoms with Crippen molar-refractivity contribution < 1.29 is 14.3 Å². The average molecular weight is 362 g/mol. The average Bonchev–Trinajstić information content (AvgIpc) is 2.73. The van der Waals surface area contributed by atoms with Crippen molar-refractivity contribution >= 4 is 23.0 Å². The molecule has 0 saturated heterocycles. The van der Waals surface area contributed by atoms with Gasteiger partial charge >= 0.3 is 0 Å². The van der Waals surface area contributed by atoms with Crippen molar-refractivity contribution in [1.29, 1.82) is 0 Å². The summed E-state index contributed by atoms with van der Waals surface area (Å²) in [7, 11) is 3.57. The van der Waals surface area contributed by atoms with Crippen LogP contribution in [0.2, 0.25) is 0 Å². The summed E-state index contributed by atoms with van der Waals surface area (Å²) < 4.78 is 10.7. The van der Waals surface area contributed by atoms with E-state index < -0.39 is 0 Å². The standard InChI is InChI=1S/C22H22N2O3/c1-24(18-8-4-3-5-9-18)19-14-12-17(13-15-19)23-22(25)16-27-21-11-7-6-10-20(21)26-2/h3-15H,16H2,1-2H3,(H,23,25). The fourth-order valence-corrected chi connectivity index (χ4v) is 2.65. The van der Waals surface area contributed by atoms with E-state index in [9.17, 15) is 4.79 Å². The normalized spacial score (nSPS) is 10.1. The number of para-hydroxylation sites is 3. The summed E-state index contributed by atoms with van der Waals surface area (Å²) >= 11 is 0. The number of nitrogens with zero attached hydrogens (tertiary/aromatic N) is 1. The Balaban J connectivity index is 1.57. The Bertz CT molecular complexity index is 880. The molecule has 3 aromatic carbocycles. The molecule has 0 aliphatic rings. The second-order valence-corrected chi connectivity index (χ2v) is 5.93. The highest BCUT2D eigenvalue weighted by molar-refractivity contribution is 5.92. The molecule has 0 bridgehead atoms. The maximum atomic E-state index is 12.1. The van der Waals surface area contributed by atoms with Crippen molar-refractivity contribution in [3.8, 4) is 11.5 Å². The van der Waals surface area contributed by atoms with E-state index in [4.69, 9.17) is 9.47 Å². The lowest BCUT2D eigenvalue weighted by molar-refractivity contribution is -0.118. The minimum atomic E-state index is -0.231. The van der Waals surface area contributed by atoms with Gasteiger partial charge in [0, 0.05) is 24.1 Å². The summed E-state index contributed by atoms with van der Waals surface area (Å²) in [5.74, 6) is 0.902. The lowest BCUT2D eigenvalue weighted by atomic mass is 10.2. The van der Waals surface area contributed by atoms with Crippen LogP contribution in [0.3, 0.4) is 0 Å². The summed E-state index contributed by atoms with van der Waals surface area (Å²) in [4.78, 5) is 14.2. The van der Waals surface area contributed by atoms with Gasteiger partial charge < -0.3 is 19.7 Å². The first kappa shape index (κ1) is 18.3. The zero-order valence-corrected chi connectivity index (χ0v) is 15.4. The van der Waals surface area contributed by atoms with Crippen molar-refractivity contribution in [2.24, 2.45) is 0 Å². The monoisotopic (exact) mass is 362 g/mol. The highest BCUT2D eigenvalue weighted by atomic mass is 16.5. The molecule has 0 aliphatic carbocycles. The highest BCUT2D eigenvalue weighted by Gasteiger charge is 2.08. The molecule has 0 saturated carbocycles. The van der Waals surface area contributed by atoms with Crippen molar-refractivity contribution in [3.05, 3.63) is 78.9 Å². The van der Waals surface area contributed by atoms with Gasteiger partial charge in [0.05, 0.1) is 7.11 Å². The maximum Gasteiger partial charge on any atom is 0.262 e. The molecule has 3 rings (SSSR count). The molecule has 0 unspecified atom stereocenters. The zero-order chi connectivity index (χ0) is 19.1. The molecule has 3 aromatic rings. The molecule has 0 aliphatic heterocycles. The molecule has 5 heteroatoms. The van der Waals surface area contributed by atoms with Crippen LogP contribution in [0.1, 0.15) is 0 Å². The number of ether oxygens (including phenoxy) is 2. The Morgan fingerprint density at radius 3 is 2.11 bits per heavy atom. The van der Waals surface area contributed by atoms with E-state index >= 15 is 0 Å². The number of amides is 1. The van der Waals surface area contributed by atoms with Crippen molar-refractivity contribution in [3.63, 3.8) is 0 Å². The Morgan fingerprint density at radius 1 is 0.852 bits per heavy atom. The second kappa shape index (κ2) is 8.76. The maximum absolute atomic E-state index is 12.1. The third-order valence-corrected chi connectivity index (χ3v) is 4.11. The number of benzene rings is 3. The van der Waals surface area contributed by atoms with E-state index in [1.165, 1.54) is 0 Å². The van der Waals surface area contributed by atoms with E-state index in [0.29, 0.717) is 17.2 Å².